The summed E-state index contributed by atoms with van der Waals surface area (Å²) in [6, 6.07) is 13.4. The fourth-order valence-corrected chi connectivity index (χ4v) is 1.64. The molecule has 2 aromatic carbocycles. The average Bonchev–Trinajstić information content (AvgIpc) is 2.33. The Hall–Kier alpha value is -1.96. The zero-order valence-corrected chi connectivity index (χ0v) is 9.40. The van der Waals surface area contributed by atoms with Crippen LogP contribution in [0.15, 0.2) is 42.5 Å². The third kappa shape index (κ3) is 2.01. The molecule has 0 aromatic heterocycles. The zero-order chi connectivity index (χ0) is 11.5. The standard InChI is InChI=1S/C14H14O2/c1-10-8-12(6-7-14(10)15)11-4-3-5-13(9-11)16-2/h3-9,15H,1-2H3. The number of aryl methyl sites for hydroxylation is 1. The number of aromatic hydroxyl groups is 1. The molecule has 0 bridgehead atoms. The fraction of sp³-hybridized carbons (Fsp3) is 0.143. The molecule has 1 N–H and O–H groups in total. The molecule has 0 saturated heterocycles. The van der Waals surface area contributed by atoms with Gasteiger partial charge in [-0.2, -0.15) is 0 Å². The SMILES string of the molecule is COc1cccc(-c2ccc(O)c(C)c2)c1. The van der Waals surface area contributed by atoms with Gasteiger partial charge in [0.15, 0.2) is 0 Å². The lowest BCUT2D eigenvalue weighted by Crippen LogP contribution is -1.84. The molecule has 0 aliphatic carbocycles. The van der Waals surface area contributed by atoms with E-state index in [4.69, 9.17) is 4.74 Å². The summed E-state index contributed by atoms with van der Waals surface area (Å²) in [6.07, 6.45) is 0. The van der Waals surface area contributed by atoms with Gasteiger partial charge >= 0.3 is 0 Å². The van der Waals surface area contributed by atoms with E-state index in [0.29, 0.717) is 5.75 Å². The minimum atomic E-state index is 0.326. The molecule has 2 nitrogen and oxygen atoms in total. The first-order valence-electron chi connectivity index (χ1n) is 5.15. The van der Waals surface area contributed by atoms with E-state index in [1.165, 1.54) is 0 Å². The Balaban J connectivity index is 2.46. The molecular weight excluding hydrogens is 200 g/mol. The summed E-state index contributed by atoms with van der Waals surface area (Å²) in [5.41, 5.74) is 3.04. The van der Waals surface area contributed by atoms with Gasteiger partial charge < -0.3 is 9.84 Å². The second-order valence-electron chi connectivity index (χ2n) is 3.73. The lowest BCUT2D eigenvalue weighted by Gasteiger charge is -2.06. The Morgan fingerprint density at radius 3 is 2.44 bits per heavy atom. The molecule has 2 aromatic rings. The Morgan fingerprint density at radius 1 is 1.00 bits per heavy atom. The third-order valence-electron chi connectivity index (χ3n) is 2.60. The summed E-state index contributed by atoms with van der Waals surface area (Å²) >= 11 is 0. The maximum absolute atomic E-state index is 9.47. The van der Waals surface area contributed by atoms with Gasteiger partial charge in [0, 0.05) is 0 Å². The molecule has 82 valence electrons. The van der Waals surface area contributed by atoms with Crippen molar-refractivity contribution in [3.63, 3.8) is 0 Å². The number of ether oxygens (including phenoxy) is 1. The second-order valence-corrected chi connectivity index (χ2v) is 3.73. The summed E-state index contributed by atoms with van der Waals surface area (Å²) in [6.45, 7) is 1.89. The molecule has 2 rings (SSSR count). The van der Waals surface area contributed by atoms with E-state index in [1.807, 2.05) is 43.3 Å². The zero-order valence-electron chi connectivity index (χ0n) is 9.40. The van der Waals surface area contributed by atoms with Crippen molar-refractivity contribution in [2.45, 2.75) is 6.92 Å². The average molecular weight is 214 g/mol. The van der Waals surface area contributed by atoms with E-state index in [0.717, 1.165) is 22.4 Å². The first-order valence-corrected chi connectivity index (χ1v) is 5.15. The molecule has 0 amide bonds. The highest BCUT2D eigenvalue weighted by Crippen LogP contribution is 2.27. The summed E-state index contributed by atoms with van der Waals surface area (Å²) in [5.74, 6) is 1.16. The van der Waals surface area contributed by atoms with Gasteiger partial charge in [0.2, 0.25) is 0 Å². The van der Waals surface area contributed by atoms with Crippen LogP contribution < -0.4 is 4.74 Å². The number of benzene rings is 2. The Bertz CT molecular complexity index is 504. The van der Waals surface area contributed by atoms with Crippen molar-refractivity contribution in [3.8, 4) is 22.6 Å². The van der Waals surface area contributed by atoms with Gasteiger partial charge in [0.25, 0.3) is 0 Å². The molecule has 0 heterocycles. The van der Waals surface area contributed by atoms with Crippen LogP contribution in [0.25, 0.3) is 11.1 Å². The molecule has 0 aliphatic rings. The van der Waals surface area contributed by atoms with E-state index in [2.05, 4.69) is 0 Å². The highest BCUT2D eigenvalue weighted by atomic mass is 16.5. The van der Waals surface area contributed by atoms with Gasteiger partial charge in [-0.25, -0.2) is 0 Å². The summed E-state index contributed by atoms with van der Waals surface area (Å²) < 4.78 is 5.18. The van der Waals surface area contributed by atoms with Gasteiger partial charge in [0.05, 0.1) is 7.11 Å². The lowest BCUT2D eigenvalue weighted by molar-refractivity contribution is 0.415. The molecule has 0 atom stereocenters. The van der Waals surface area contributed by atoms with E-state index in [9.17, 15) is 5.11 Å². The van der Waals surface area contributed by atoms with Crippen LogP contribution in [0.4, 0.5) is 0 Å². The number of phenolic OH excluding ortho intramolecular Hbond substituents is 1. The van der Waals surface area contributed by atoms with Crippen LogP contribution in [0.1, 0.15) is 5.56 Å². The summed E-state index contributed by atoms with van der Waals surface area (Å²) in [4.78, 5) is 0. The molecule has 0 spiro atoms. The Kier molecular flexibility index (Phi) is 2.82. The predicted molar refractivity (Wildman–Crippen MR) is 64.8 cm³/mol. The summed E-state index contributed by atoms with van der Waals surface area (Å²) in [5, 5.41) is 9.47. The normalized spacial score (nSPS) is 10.1. The smallest absolute Gasteiger partial charge is 0.119 e. The van der Waals surface area contributed by atoms with Crippen LogP contribution in [-0.2, 0) is 0 Å². The third-order valence-corrected chi connectivity index (χ3v) is 2.60. The van der Waals surface area contributed by atoms with Gasteiger partial charge in [-0.05, 0) is 47.9 Å². The topological polar surface area (TPSA) is 29.5 Å². The van der Waals surface area contributed by atoms with Crippen molar-refractivity contribution in [2.75, 3.05) is 7.11 Å². The van der Waals surface area contributed by atoms with Crippen LogP contribution in [0.3, 0.4) is 0 Å². The maximum atomic E-state index is 9.47. The van der Waals surface area contributed by atoms with Crippen molar-refractivity contribution in [2.24, 2.45) is 0 Å². The highest BCUT2D eigenvalue weighted by Gasteiger charge is 2.02. The molecule has 2 heteroatoms. The van der Waals surface area contributed by atoms with Crippen molar-refractivity contribution < 1.29 is 9.84 Å². The maximum Gasteiger partial charge on any atom is 0.119 e. The predicted octanol–water partition coefficient (Wildman–Crippen LogP) is 3.38. The van der Waals surface area contributed by atoms with Crippen molar-refractivity contribution in [3.05, 3.63) is 48.0 Å². The fourth-order valence-electron chi connectivity index (χ4n) is 1.64. The number of rotatable bonds is 2. The number of hydrogen-bond acceptors (Lipinski definition) is 2. The van der Waals surface area contributed by atoms with Crippen molar-refractivity contribution in [1.82, 2.24) is 0 Å². The molecule has 0 saturated carbocycles. The van der Waals surface area contributed by atoms with E-state index < -0.39 is 0 Å². The van der Waals surface area contributed by atoms with Gasteiger partial charge in [-0.3, -0.25) is 0 Å². The monoisotopic (exact) mass is 214 g/mol. The van der Waals surface area contributed by atoms with E-state index >= 15 is 0 Å². The Morgan fingerprint density at radius 2 is 1.75 bits per heavy atom. The van der Waals surface area contributed by atoms with Crippen LogP contribution in [-0.4, -0.2) is 12.2 Å². The van der Waals surface area contributed by atoms with Crippen molar-refractivity contribution in [1.29, 1.82) is 0 Å². The van der Waals surface area contributed by atoms with Crippen LogP contribution in [0, 0.1) is 6.92 Å². The quantitative estimate of drug-likeness (QED) is 0.830. The molecule has 0 aliphatic heterocycles. The Labute approximate surface area is 95.1 Å². The molecule has 16 heavy (non-hydrogen) atoms. The van der Waals surface area contributed by atoms with E-state index in [1.54, 1.807) is 13.2 Å². The highest BCUT2D eigenvalue weighted by molar-refractivity contribution is 5.66. The largest absolute Gasteiger partial charge is 0.508 e. The molecule has 0 fully saturated rings. The van der Waals surface area contributed by atoms with Gasteiger partial charge in [0.1, 0.15) is 11.5 Å². The van der Waals surface area contributed by atoms with Crippen LogP contribution >= 0.6 is 0 Å². The van der Waals surface area contributed by atoms with Gasteiger partial charge in [-0.15, -0.1) is 0 Å². The van der Waals surface area contributed by atoms with Crippen molar-refractivity contribution >= 4 is 0 Å². The first-order chi connectivity index (χ1) is 7.70. The molecular formula is C14H14O2. The second kappa shape index (κ2) is 4.27. The minimum absolute atomic E-state index is 0.326. The van der Waals surface area contributed by atoms with Crippen LogP contribution in [0.2, 0.25) is 0 Å². The molecule has 0 unspecified atom stereocenters. The van der Waals surface area contributed by atoms with Crippen LogP contribution in [0.5, 0.6) is 11.5 Å². The molecule has 0 radical (unpaired) electrons. The van der Waals surface area contributed by atoms with Gasteiger partial charge in [-0.1, -0.05) is 18.2 Å². The number of phenols is 1. The first kappa shape index (κ1) is 10.6. The minimum Gasteiger partial charge on any atom is -0.508 e. The van der Waals surface area contributed by atoms with E-state index in [-0.39, 0.29) is 0 Å². The summed E-state index contributed by atoms with van der Waals surface area (Å²) in [7, 11) is 1.65. The number of hydrogen-bond donors (Lipinski definition) is 1. The lowest BCUT2D eigenvalue weighted by atomic mass is 10.0. The number of methoxy groups -OCH3 is 1.